The van der Waals surface area contributed by atoms with Crippen LogP contribution in [0, 0.1) is 10.1 Å². The zero-order valence-electron chi connectivity index (χ0n) is 20.5. The Morgan fingerprint density at radius 2 is 1.84 bits per heavy atom. The number of rotatable bonds is 10. The van der Waals surface area contributed by atoms with Gasteiger partial charge in [-0.2, -0.15) is 4.72 Å². The van der Waals surface area contributed by atoms with E-state index in [0.717, 1.165) is 12.1 Å². The number of anilines is 2. The number of benzene rings is 2. The van der Waals surface area contributed by atoms with E-state index in [0.29, 0.717) is 11.1 Å². The van der Waals surface area contributed by atoms with Gasteiger partial charge in [0.05, 0.1) is 16.4 Å². The van der Waals surface area contributed by atoms with Crippen molar-refractivity contribution in [3.63, 3.8) is 0 Å². The predicted octanol–water partition coefficient (Wildman–Crippen LogP) is 2.36. The van der Waals surface area contributed by atoms with E-state index in [-0.39, 0.29) is 30.0 Å². The predicted molar refractivity (Wildman–Crippen MR) is 136 cm³/mol. The Balaban J connectivity index is 1.69. The minimum atomic E-state index is -4.28. The van der Waals surface area contributed by atoms with E-state index in [9.17, 15) is 32.9 Å². The molecule has 202 valence electrons. The lowest BCUT2D eigenvalue weighted by molar-refractivity contribution is -0.384. The molecule has 0 bridgehead atoms. The van der Waals surface area contributed by atoms with Gasteiger partial charge in [0.25, 0.3) is 5.69 Å². The second kappa shape index (κ2) is 11.7. The van der Waals surface area contributed by atoms with E-state index < -0.39 is 49.8 Å². The Labute approximate surface area is 216 Å². The van der Waals surface area contributed by atoms with Crippen molar-refractivity contribution in [3.8, 4) is 0 Å². The number of hydrogen-bond donors (Lipinski definition) is 2. The Bertz CT molecular complexity index is 1550. The van der Waals surface area contributed by atoms with Crippen LogP contribution in [-0.4, -0.2) is 52.7 Å². The van der Waals surface area contributed by atoms with Crippen molar-refractivity contribution in [2.45, 2.75) is 18.4 Å². The molecule has 3 rings (SSSR count). The van der Waals surface area contributed by atoms with Crippen LogP contribution in [-0.2, 0) is 30.9 Å². The minimum absolute atomic E-state index is 0.112. The van der Waals surface area contributed by atoms with Gasteiger partial charge in [-0.25, -0.2) is 18.0 Å². The van der Waals surface area contributed by atoms with E-state index >= 15 is 0 Å². The molecule has 0 aliphatic carbocycles. The Morgan fingerprint density at radius 3 is 2.50 bits per heavy atom. The summed E-state index contributed by atoms with van der Waals surface area (Å²) in [6.07, 6.45) is -0.690. The van der Waals surface area contributed by atoms with Gasteiger partial charge < -0.3 is 18.8 Å². The number of carbonyl (C=O) groups is 2. The summed E-state index contributed by atoms with van der Waals surface area (Å²) >= 11 is 0. The minimum Gasteiger partial charge on any atom is -0.460 e. The number of fused-ring (bicyclic) bond motifs is 1. The third-order valence-corrected chi connectivity index (χ3v) is 6.48. The van der Waals surface area contributed by atoms with Crippen molar-refractivity contribution in [2.24, 2.45) is 0 Å². The fourth-order valence-corrected chi connectivity index (χ4v) is 4.34. The Hall–Kier alpha value is -4.50. The molecule has 0 aliphatic rings. The lowest BCUT2D eigenvalue weighted by Crippen LogP contribution is -2.30. The zero-order chi connectivity index (χ0) is 28.0. The summed E-state index contributed by atoms with van der Waals surface area (Å²) in [4.78, 5) is 47.5. The topological polar surface area (TPSA) is 187 Å². The number of nitro benzene ring substituents is 1. The van der Waals surface area contributed by atoms with E-state index in [4.69, 9.17) is 13.9 Å². The molecule has 0 radical (unpaired) electrons. The Kier molecular flexibility index (Phi) is 8.64. The maximum absolute atomic E-state index is 12.6. The molecular formula is C23H24N4O10S. The summed E-state index contributed by atoms with van der Waals surface area (Å²) in [6.45, 7) is 0.670. The van der Waals surface area contributed by atoms with Crippen LogP contribution in [0.4, 0.5) is 21.9 Å². The Morgan fingerprint density at radius 1 is 1.11 bits per heavy atom. The number of esters is 1. The molecule has 0 saturated carbocycles. The molecule has 0 aliphatic heterocycles. The average molecular weight is 549 g/mol. The summed E-state index contributed by atoms with van der Waals surface area (Å²) in [5.74, 6) is -0.963. The molecule has 0 spiro atoms. The molecule has 0 unspecified atom stereocenters. The summed E-state index contributed by atoms with van der Waals surface area (Å²) in [7, 11) is -1.13. The molecule has 0 fully saturated rings. The van der Waals surface area contributed by atoms with E-state index in [1.165, 1.54) is 35.2 Å². The molecule has 1 heterocycles. The van der Waals surface area contributed by atoms with Crippen LogP contribution >= 0.6 is 0 Å². The molecule has 38 heavy (non-hydrogen) atoms. The molecule has 0 saturated heterocycles. The third kappa shape index (κ3) is 6.83. The quantitative estimate of drug-likeness (QED) is 0.164. The van der Waals surface area contributed by atoms with E-state index in [2.05, 4.69) is 5.32 Å². The van der Waals surface area contributed by atoms with Crippen molar-refractivity contribution in [1.82, 2.24) is 4.72 Å². The van der Waals surface area contributed by atoms with E-state index in [1.807, 2.05) is 4.72 Å². The maximum atomic E-state index is 12.6. The molecule has 14 nitrogen and oxygen atoms in total. The van der Waals surface area contributed by atoms with Crippen molar-refractivity contribution in [1.29, 1.82) is 0 Å². The van der Waals surface area contributed by atoms with Gasteiger partial charge in [-0.3, -0.25) is 20.2 Å². The molecule has 1 amide bonds. The fourth-order valence-electron chi connectivity index (χ4n) is 3.35. The van der Waals surface area contributed by atoms with Crippen LogP contribution in [0.3, 0.4) is 0 Å². The van der Waals surface area contributed by atoms with Gasteiger partial charge in [-0.1, -0.05) is 0 Å². The maximum Gasteiger partial charge on any atom is 0.411 e. The van der Waals surface area contributed by atoms with Crippen molar-refractivity contribution >= 4 is 50.1 Å². The number of nitro groups is 1. The van der Waals surface area contributed by atoms with Crippen LogP contribution in [0.1, 0.15) is 12.5 Å². The average Bonchev–Trinajstić information content (AvgIpc) is 2.85. The first kappa shape index (κ1) is 28.1. The highest BCUT2D eigenvalue weighted by atomic mass is 32.2. The molecule has 2 aromatic carbocycles. The monoisotopic (exact) mass is 548 g/mol. The van der Waals surface area contributed by atoms with Crippen molar-refractivity contribution < 1.29 is 36.8 Å². The van der Waals surface area contributed by atoms with Crippen LogP contribution < -0.4 is 20.6 Å². The lowest BCUT2D eigenvalue weighted by Gasteiger charge is -2.14. The van der Waals surface area contributed by atoms with Gasteiger partial charge in [0.2, 0.25) is 10.0 Å². The number of sulfonamides is 1. The van der Waals surface area contributed by atoms with Gasteiger partial charge in [-0.15, -0.1) is 0 Å². The number of nitrogens with one attached hydrogen (secondary N) is 2. The summed E-state index contributed by atoms with van der Waals surface area (Å²) in [5.41, 5.74) is -0.249. The molecule has 1 aromatic heterocycles. The smallest absolute Gasteiger partial charge is 0.411 e. The fraction of sp³-hybridized carbons (Fsp3) is 0.261. The first-order valence-corrected chi connectivity index (χ1v) is 12.5. The molecule has 15 heteroatoms. The summed E-state index contributed by atoms with van der Waals surface area (Å²) < 4.78 is 42.3. The van der Waals surface area contributed by atoms with Gasteiger partial charge >= 0.3 is 17.7 Å². The number of carbonyl (C=O) groups excluding carboxylic acids is 2. The highest BCUT2D eigenvalue weighted by molar-refractivity contribution is 7.89. The number of nitrogens with zero attached hydrogens (tertiary/aromatic N) is 2. The van der Waals surface area contributed by atoms with Crippen molar-refractivity contribution in [2.75, 3.05) is 37.5 Å². The summed E-state index contributed by atoms with van der Waals surface area (Å²) in [6, 6.07) is 8.93. The standard InChI is InChI=1S/C23H24N4O10S/c1-4-35-23(30)25-15-5-7-17-14(9-21(28)37-20(17)10-15)13-36-22(29)12-24-38(33,34)16-6-8-18(26(2)3)19(11-16)27(31)32/h5-11,24H,4,12-13H2,1-3H3,(H,25,30). The van der Waals surface area contributed by atoms with Gasteiger partial charge in [-0.05, 0) is 31.2 Å². The zero-order valence-corrected chi connectivity index (χ0v) is 21.4. The number of hydrogen-bond acceptors (Lipinski definition) is 11. The third-order valence-electron chi connectivity index (χ3n) is 5.08. The number of amides is 1. The van der Waals surface area contributed by atoms with Gasteiger partial charge in [0.15, 0.2) is 0 Å². The number of ether oxygens (including phenoxy) is 2. The summed E-state index contributed by atoms with van der Waals surface area (Å²) in [5, 5.41) is 14.2. The first-order valence-electron chi connectivity index (χ1n) is 11.0. The van der Waals surface area contributed by atoms with Gasteiger partial charge in [0.1, 0.15) is 24.4 Å². The molecule has 2 N–H and O–H groups in total. The van der Waals surface area contributed by atoms with Crippen molar-refractivity contribution in [3.05, 3.63) is 68.6 Å². The highest BCUT2D eigenvalue weighted by Gasteiger charge is 2.23. The van der Waals surface area contributed by atoms with Crippen LogP contribution in [0.25, 0.3) is 11.0 Å². The van der Waals surface area contributed by atoms with E-state index in [1.54, 1.807) is 21.0 Å². The highest BCUT2D eigenvalue weighted by Crippen LogP contribution is 2.29. The van der Waals surface area contributed by atoms with Gasteiger partial charge in [0, 0.05) is 48.9 Å². The molecule has 0 atom stereocenters. The molecule has 3 aromatic rings. The normalized spacial score (nSPS) is 11.1. The van der Waals surface area contributed by atoms with Crippen LogP contribution in [0.15, 0.2) is 56.6 Å². The van der Waals surface area contributed by atoms with Crippen LogP contribution in [0.2, 0.25) is 0 Å². The second-order valence-electron chi connectivity index (χ2n) is 7.93. The first-order chi connectivity index (χ1) is 17.9. The largest absolute Gasteiger partial charge is 0.460 e. The second-order valence-corrected chi connectivity index (χ2v) is 9.70. The van der Waals surface area contributed by atoms with Crippen LogP contribution in [0.5, 0.6) is 0 Å². The SMILES string of the molecule is CCOC(=O)Nc1ccc2c(COC(=O)CNS(=O)(=O)c3ccc(N(C)C)c([N+](=O)[O-])c3)cc(=O)oc2c1. The molecular weight excluding hydrogens is 524 g/mol. The lowest BCUT2D eigenvalue weighted by atomic mass is 10.1.